The molecule has 0 saturated heterocycles. The molecule has 1 aromatic carbocycles. The van der Waals surface area contributed by atoms with Gasteiger partial charge in [0.15, 0.2) is 0 Å². The molecule has 18 heavy (non-hydrogen) atoms. The third-order valence-corrected chi connectivity index (χ3v) is 3.48. The van der Waals surface area contributed by atoms with Crippen LogP contribution < -0.4 is 5.32 Å². The summed E-state index contributed by atoms with van der Waals surface area (Å²) in [5.74, 6) is -0.158. The number of nitrogens with zero attached hydrogens (tertiary/aromatic N) is 1. The molecule has 1 aromatic heterocycles. The van der Waals surface area contributed by atoms with Gasteiger partial charge in [0.1, 0.15) is 5.01 Å². The molecule has 0 aliphatic heterocycles. The Balaban J connectivity index is 2.06. The zero-order chi connectivity index (χ0) is 13.0. The number of carbonyl (C=O) groups excluding carboxylic acids is 1. The van der Waals surface area contributed by atoms with E-state index in [0.717, 1.165) is 21.8 Å². The average Bonchev–Trinajstić information content (AvgIpc) is 2.83. The third kappa shape index (κ3) is 3.05. The molecule has 0 saturated carbocycles. The van der Waals surface area contributed by atoms with Gasteiger partial charge in [0.25, 0.3) is 0 Å². The Morgan fingerprint density at radius 1 is 1.44 bits per heavy atom. The Kier molecular flexibility index (Phi) is 3.89. The molecular formula is C14H14N2OS. The Morgan fingerprint density at radius 3 is 2.72 bits per heavy atom. The smallest absolute Gasteiger partial charge is 0.243 e. The molecule has 2 aromatic rings. The lowest BCUT2D eigenvalue weighted by atomic mass is 10.1. The first-order valence-corrected chi connectivity index (χ1v) is 6.48. The fourth-order valence-electron chi connectivity index (χ4n) is 1.51. The molecule has 1 amide bonds. The minimum absolute atomic E-state index is 0.158. The quantitative estimate of drug-likeness (QED) is 0.857. The van der Waals surface area contributed by atoms with Crippen LogP contribution in [0.25, 0.3) is 10.6 Å². The summed E-state index contributed by atoms with van der Waals surface area (Å²) in [6.07, 6.45) is 1.27. The molecule has 4 heteroatoms. The summed E-state index contributed by atoms with van der Waals surface area (Å²) >= 11 is 1.64. The highest BCUT2D eigenvalue weighted by Gasteiger charge is 2.02. The van der Waals surface area contributed by atoms with Gasteiger partial charge >= 0.3 is 0 Å². The van der Waals surface area contributed by atoms with Crippen LogP contribution in [0.15, 0.2) is 42.3 Å². The van der Waals surface area contributed by atoms with Gasteiger partial charge in [-0.2, -0.15) is 0 Å². The summed E-state index contributed by atoms with van der Waals surface area (Å²) in [7, 11) is 0. The molecular weight excluding hydrogens is 244 g/mol. The predicted octanol–water partition coefficient (Wildman–Crippen LogP) is 2.92. The van der Waals surface area contributed by atoms with Gasteiger partial charge in [0, 0.05) is 23.2 Å². The maximum absolute atomic E-state index is 11.0. The number of thiazole rings is 1. The lowest BCUT2D eigenvalue weighted by molar-refractivity contribution is -0.116. The van der Waals surface area contributed by atoms with Crippen molar-refractivity contribution in [1.82, 2.24) is 10.3 Å². The first-order valence-electron chi connectivity index (χ1n) is 5.61. The number of hydrogen-bond donors (Lipinski definition) is 1. The minimum Gasteiger partial charge on any atom is -0.348 e. The monoisotopic (exact) mass is 258 g/mol. The molecule has 0 unspecified atom stereocenters. The van der Waals surface area contributed by atoms with E-state index in [-0.39, 0.29) is 5.91 Å². The number of amides is 1. The lowest BCUT2D eigenvalue weighted by Crippen LogP contribution is -2.19. The van der Waals surface area contributed by atoms with Crippen LogP contribution in [0.5, 0.6) is 0 Å². The van der Waals surface area contributed by atoms with Crippen LogP contribution in [0.4, 0.5) is 0 Å². The van der Waals surface area contributed by atoms with Crippen molar-refractivity contribution in [2.45, 2.75) is 13.5 Å². The van der Waals surface area contributed by atoms with Crippen molar-refractivity contribution in [2.24, 2.45) is 0 Å². The van der Waals surface area contributed by atoms with Crippen molar-refractivity contribution < 1.29 is 4.79 Å². The first kappa shape index (κ1) is 12.5. The number of rotatable bonds is 4. The van der Waals surface area contributed by atoms with E-state index in [1.807, 2.05) is 36.6 Å². The lowest BCUT2D eigenvalue weighted by Gasteiger charge is -2.03. The average molecular weight is 258 g/mol. The highest BCUT2D eigenvalue weighted by Crippen LogP contribution is 2.23. The third-order valence-electron chi connectivity index (χ3n) is 2.47. The van der Waals surface area contributed by atoms with E-state index in [1.54, 1.807) is 11.3 Å². The number of nitrogens with one attached hydrogen (secondary N) is 1. The van der Waals surface area contributed by atoms with Crippen molar-refractivity contribution in [2.75, 3.05) is 0 Å². The largest absolute Gasteiger partial charge is 0.348 e. The van der Waals surface area contributed by atoms with Gasteiger partial charge in [-0.25, -0.2) is 4.98 Å². The van der Waals surface area contributed by atoms with E-state index < -0.39 is 0 Å². The number of carbonyl (C=O) groups is 1. The highest BCUT2D eigenvalue weighted by molar-refractivity contribution is 7.13. The van der Waals surface area contributed by atoms with Gasteiger partial charge in [-0.1, -0.05) is 30.8 Å². The standard InChI is InChI=1S/C14H14N2OS/c1-3-13(17)15-8-11-4-6-12(7-5-11)14-16-10(2)9-18-14/h3-7,9H,1,8H2,2H3,(H,15,17). The van der Waals surface area contributed by atoms with Crippen molar-refractivity contribution in [3.05, 3.63) is 53.6 Å². The number of aromatic nitrogens is 1. The van der Waals surface area contributed by atoms with Gasteiger partial charge in [0.05, 0.1) is 0 Å². The van der Waals surface area contributed by atoms with Crippen LogP contribution in [0.3, 0.4) is 0 Å². The summed E-state index contributed by atoms with van der Waals surface area (Å²) in [6.45, 7) is 5.91. The summed E-state index contributed by atoms with van der Waals surface area (Å²) in [4.78, 5) is 15.5. The van der Waals surface area contributed by atoms with E-state index in [2.05, 4.69) is 16.9 Å². The number of benzene rings is 1. The first-order chi connectivity index (χ1) is 8.69. The molecule has 0 radical (unpaired) electrons. The van der Waals surface area contributed by atoms with Crippen molar-refractivity contribution in [1.29, 1.82) is 0 Å². The molecule has 0 fully saturated rings. The van der Waals surface area contributed by atoms with Crippen molar-refractivity contribution >= 4 is 17.2 Å². The molecule has 3 nitrogen and oxygen atoms in total. The van der Waals surface area contributed by atoms with Gasteiger partial charge in [0.2, 0.25) is 5.91 Å². The molecule has 0 spiro atoms. The van der Waals surface area contributed by atoms with Crippen LogP contribution in [-0.2, 0) is 11.3 Å². The van der Waals surface area contributed by atoms with Crippen molar-refractivity contribution in [3.63, 3.8) is 0 Å². The molecule has 0 bridgehead atoms. The van der Waals surface area contributed by atoms with Crippen LogP contribution in [-0.4, -0.2) is 10.9 Å². The molecule has 0 atom stereocenters. The molecule has 0 aliphatic rings. The topological polar surface area (TPSA) is 42.0 Å². The van der Waals surface area contributed by atoms with Gasteiger partial charge in [-0.15, -0.1) is 11.3 Å². The van der Waals surface area contributed by atoms with E-state index in [9.17, 15) is 4.79 Å². The van der Waals surface area contributed by atoms with Gasteiger partial charge in [-0.3, -0.25) is 4.79 Å². The second kappa shape index (κ2) is 5.60. The second-order valence-electron chi connectivity index (χ2n) is 3.91. The SMILES string of the molecule is C=CC(=O)NCc1ccc(-c2nc(C)cs2)cc1. The van der Waals surface area contributed by atoms with E-state index >= 15 is 0 Å². The maximum Gasteiger partial charge on any atom is 0.243 e. The molecule has 1 heterocycles. The summed E-state index contributed by atoms with van der Waals surface area (Å²) in [6, 6.07) is 8.03. The zero-order valence-corrected chi connectivity index (χ0v) is 11.0. The molecule has 2 rings (SSSR count). The fourth-order valence-corrected chi connectivity index (χ4v) is 2.32. The summed E-state index contributed by atoms with van der Waals surface area (Å²) in [5.41, 5.74) is 3.20. The molecule has 0 aliphatic carbocycles. The molecule has 92 valence electrons. The summed E-state index contributed by atoms with van der Waals surface area (Å²) in [5, 5.41) is 5.80. The minimum atomic E-state index is -0.158. The van der Waals surface area contributed by atoms with Crippen LogP contribution in [0, 0.1) is 6.92 Å². The van der Waals surface area contributed by atoms with Crippen LogP contribution in [0.1, 0.15) is 11.3 Å². The van der Waals surface area contributed by atoms with E-state index in [0.29, 0.717) is 6.54 Å². The van der Waals surface area contributed by atoms with Gasteiger partial charge < -0.3 is 5.32 Å². The van der Waals surface area contributed by atoms with E-state index in [4.69, 9.17) is 0 Å². The van der Waals surface area contributed by atoms with Crippen LogP contribution >= 0.6 is 11.3 Å². The molecule has 1 N–H and O–H groups in total. The number of hydrogen-bond acceptors (Lipinski definition) is 3. The zero-order valence-electron chi connectivity index (χ0n) is 10.1. The Morgan fingerprint density at radius 2 is 2.17 bits per heavy atom. The predicted molar refractivity (Wildman–Crippen MR) is 74.3 cm³/mol. The van der Waals surface area contributed by atoms with Crippen molar-refractivity contribution in [3.8, 4) is 10.6 Å². The summed E-state index contributed by atoms with van der Waals surface area (Å²) < 4.78 is 0. The fraction of sp³-hybridized carbons (Fsp3) is 0.143. The van der Waals surface area contributed by atoms with E-state index in [1.165, 1.54) is 6.08 Å². The van der Waals surface area contributed by atoms with Gasteiger partial charge in [-0.05, 0) is 18.6 Å². The number of aryl methyl sites for hydroxylation is 1. The Hall–Kier alpha value is -1.94. The van der Waals surface area contributed by atoms with Crippen LogP contribution in [0.2, 0.25) is 0 Å². The Labute approximate surface area is 110 Å². The normalized spacial score (nSPS) is 10.1. The maximum atomic E-state index is 11.0. The second-order valence-corrected chi connectivity index (χ2v) is 4.77. The highest BCUT2D eigenvalue weighted by atomic mass is 32.1. The Bertz CT molecular complexity index is 557.